The number of anilines is 4. The zero-order valence-electron chi connectivity index (χ0n) is 15.0. The van der Waals surface area contributed by atoms with Crippen LogP contribution in [0.25, 0.3) is 0 Å². The fourth-order valence-electron chi connectivity index (χ4n) is 2.38. The molecule has 1 aromatic heterocycles. The standard InChI is InChI=1S/C18H18ClN5O3/c1-25-14-8-13(9-15(26-2)17(14)27-3)22-18-23-16(10-20-24-18)21-12-6-4-11(19)5-7-12/h4-10H,1-3H3,(H2,21,22,23,24). The molecule has 2 aromatic carbocycles. The Morgan fingerprint density at radius 3 is 2.11 bits per heavy atom. The van der Waals surface area contributed by atoms with E-state index in [0.29, 0.717) is 39.7 Å². The zero-order chi connectivity index (χ0) is 19.2. The maximum Gasteiger partial charge on any atom is 0.249 e. The maximum absolute atomic E-state index is 5.90. The number of methoxy groups -OCH3 is 3. The summed E-state index contributed by atoms with van der Waals surface area (Å²) >= 11 is 5.90. The van der Waals surface area contributed by atoms with Gasteiger partial charge in [-0.05, 0) is 24.3 Å². The van der Waals surface area contributed by atoms with Gasteiger partial charge in [0.1, 0.15) is 0 Å². The lowest BCUT2D eigenvalue weighted by Crippen LogP contribution is -2.03. The normalized spacial score (nSPS) is 10.2. The Morgan fingerprint density at radius 2 is 1.52 bits per heavy atom. The predicted octanol–water partition coefficient (Wildman–Crippen LogP) is 4.04. The summed E-state index contributed by atoms with van der Waals surface area (Å²) in [6.07, 6.45) is 1.52. The molecule has 3 rings (SSSR count). The summed E-state index contributed by atoms with van der Waals surface area (Å²) in [6.45, 7) is 0. The van der Waals surface area contributed by atoms with Gasteiger partial charge < -0.3 is 24.8 Å². The highest BCUT2D eigenvalue weighted by Crippen LogP contribution is 2.40. The van der Waals surface area contributed by atoms with Crippen LogP contribution in [0, 0.1) is 0 Å². The quantitative estimate of drug-likeness (QED) is 0.627. The monoisotopic (exact) mass is 387 g/mol. The highest BCUT2D eigenvalue weighted by molar-refractivity contribution is 6.30. The fourth-order valence-corrected chi connectivity index (χ4v) is 2.51. The van der Waals surface area contributed by atoms with Crippen LogP contribution in [-0.4, -0.2) is 36.5 Å². The molecule has 0 amide bonds. The van der Waals surface area contributed by atoms with Gasteiger partial charge in [0.25, 0.3) is 0 Å². The molecule has 0 saturated heterocycles. The minimum Gasteiger partial charge on any atom is -0.493 e. The van der Waals surface area contributed by atoms with Gasteiger partial charge in [-0.15, -0.1) is 5.10 Å². The van der Waals surface area contributed by atoms with Gasteiger partial charge in [0.15, 0.2) is 17.3 Å². The molecule has 0 saturated carbocycles. The molecule has 0 spiro atoms. The van der Waals surface area contributed by atoms with Gasteiger partial charge in [-0.3, -0.25) is 0 Å². The number of hydrogen-bond acceptors (Lipinski definition) is 8. The van der Waals surface area contributed by atoms with E-state index in [1.807, 2.05) is 12.1 Å². The van der Waals surface area contributed by atoms with Crippen LogP contribution in [0.3, 0.4) is 0 Å². The summed E-state index contributed by atoms with van der Waals surface area (Å²) in [4.78, 5) is 4.40. The Balaban J connectivity index is 1.82. The van der Waals surface area contributed by atoms with Crippen LogP contribution in [-0.2, 0) is 0 Å². The van der Waals surface area contributed by atoms with Gasteiger partial charge in [-0.1, -0.05) is 11.6 Å². The molecule has 0 aliphatic rings. The van der Waals surface area contributed by atoms with Crippen molar-refractivity contribution < 1.29 is 14.2 Å². The molecule has 0 fully saturated rings. The summed E-state index contributed by atoms with van der Waals surface area (Å²) < 4.78 is 16.0. The predicted molar refractivity (Wildman–Crippen MR) is 104 cm³/mol. The van der Waals surface area contributed by atoms with Gasteiger partial charge in [0.2, 0.25) is 11.7 Å². The number of nitrogens with zero attached hydrogens (tertiary/aromatic N) is 3. The molecule has 140 valence electrons. The maximum atomic E-state index is 5.90. The van der Waals surface area contributed by atoms with Gasteiger partial charge in [0, 0.05) is 28.5 Å². The number of ether oxygens (including phenoxy) is 3. The Hall–Kier alpha value is -3.26. The SMILES string of the molecule is COc1cc(Nc2nncc(Nc3ccc(Cl)cc3)n2)cc(OC)c1OC. The first-order valence-electron chi connectivity index (χ1n) is 7.92. The first-order valence-corrected chi connectivity index (χ1v) is 8.30. The van der Waals surface area contributed by atoms with Crippen molar-refractivity contribution in [2.45, 2.75) is 0 Å². The van der Waals surface area contributed by atoms with E-state index in [9.17, 15) is 0 Å². The molecule has 9 heteroatoms. The molecule has 0 atom stereocenters. The average Bonchev–Trinajstić information content (AvgIpc) is 2.69. The van der Waals surface area contributed by atoms with Crippen LogP contribution in [0.15, 0.2) is 42.6 Å². The molecule has 8 nitrogen and oxygen atoms in total. The van der Waals surface area contributed by atoms with E-state index in [2.05, 4.69) is 25.8 Å². The van der Waals surface area contributed by atoms with Gasteiger partial charge in [0.05, 0.1) is 27.5 Å². The average molecular weight is 388 g/mol. The lowest BCUT2D eigenvalue weighted by atomic mass is 10.2. The van der Waals surface area contributed by atoms with Gasteiger partial charge >= 0.3 is 0 Å². The molecular formula is C18H18ClN5O3. The van der Waals surface area contributed by atoms with Crippen molar-refractivity contribution in [2.75, 3.05) is 32.0 Å². The van der Waals surface area contributed by atoms with Crippen molar-refractivity contribution in [1.29, 1.82) is 0 Å². The lowest BCUT2D eigenvalue weighted by molar-refractivity contribution is 0.324. The highest BCUT2D eigenvalue weighted by Gasteiger charge is 2.14. The summed E-state index contributed by atoms with van der Waals surface area (Å²) in [5.74, 6) is 2.37. The number of aromatic nitrogens is 3. The van der Waals surface area contributed by atoms with Crippen molar-refractivity contribution in [3.05, 3.63) is 47.6 Å². The third-order valence-corrected chi connectivity index (χ3v) is 3.85. The first-order chi connectivity index (χ1) is 13.1. The topological polar surface area (TPSA) is 90.4 Å². The minimum absolute atomic E-state index is 0.309. The highest BCUT2D eigenvalue weighted by atomic mass is 35.5. The number of rotatable bonds is 7. The number of benzene rings is 2. The van der Waals surface area contributed by atoms with E-state index >= 15 is 0 Å². The summed E-state index contributed by atoms with van der Waals surface area (Å²) in [5.41, 5.74) is 1.49. The van der Waals surface area contributed by atoms with Crippen molar-refractivity contribution in [1.82, 2.24) is 15.2 Å². The van der Waals surface area contributed by atoms with Crippen LogP contribution >= 0.6 is 11.6 Å². The van der Waals surface area contributed by atoms with E-state index in [4.69, 9.17) is 25.8 Å². The van der Waals surface area contributed by atoms with E-state index in [-0.39, 0.29) is 0 Å². The lowest BCUT2D eigenvalue weighted by Gasteiger charge is -2.14. The van der Waals surface area contributed by atoms with Crippen molar-refractivity contribution in [3.8, 4) is 17.2 Å². The second-order valence-corrected chi connectivity index (χ2v) is 5.77. The molecule has 1 heterocycles. The van der Waals surface area contributed by atoms with E-state index < -0.39 is 0 Å². The van der Waals surface area contributed by atoms with Crippen LogP contribution in [0.4, 0.5) is 23.1 Å². The third kappa shape index (κ3) is 4.48. The van der Waals surface area contributed by atoms with Crippen LogP contribution < -0.4 is 24.8 Å². The van der Waals surface area contributed by atoms with Crippen molar-refractivity contribution in [3.63, 3.8) is 0 Å². The summed E-state index contributed by atoms with van der Waals surface area (Å²) in [6, 6.07) is 10.8. The molecular weight excluding hydrogens is 370 g/mol. The number of halogens is 1. The molecule has 0 aliphatic carbocycles. The minimum atomic E-state index is 0.309. The van der Waals surface area contributed by atoms with E-state index in [1.165, 1.54) is 6.20 Å². The Bertz CT molecular complexity index is 896. The molecule has 0 aliphatic heterocycles. The van der Waals surface area contributed by atoms with E-state index in [1.54, 1.807) is 45.6 Å². The number of nitrogens with one attached hydrogen (secondary N) is 2. The van der Waals surface area contributed by atoms with Crippen LogP contribution in [0.1, 0.15) is 0 Å². The van der Waals surface area contributed by atoms with Gasteiger partial charge in [-0.25, -0.2) is 0 Å². The zero-order valence-corrected chi connectivity index (χ0v) is 15.7. The van der Waals surface area contributed by atoms with Crippen molar-refractivity contribution in [2.24, 2.45) is 0 Å². The molecule has 27 heavy (non-hydrogen) atoms. The van der Waals surface area contributed by atoms with Gasteiger partial charge in [-0.2, -0.15) is 10.1 Å². The largest absolute Gasteiger partial charge is 0.493 e. The second kappa shape index (κ2) is 8.41. The molecule has 3 aromatic rings. The molecule has 0 unspecified atom stereocenters. The Labute approximate surface area is 161 Å². The molecule has 0 bridgehead atoms. The van der Waals surface area contributed by atoms with Crippen LogP contribution in [0.2, 0.25) is 5.02 Å². The summed E-state index contributed by atoms with van der Waals surface area (Å²) in [7, 11) is 4.65. The first kappa shape index (κ1) is 18.5. The fraction of sp³-hybridized carbons (Fsp3) is 0.167. The summed E-state index contributed by atoms with van der Waals surface area (Å²) in [5, 5.41) is 14.8. The van der Waals surface area contributed by atoms with Crippen molar-refractivity contribution >= 4 is 34.7 Å². The van der Waals surface area contributed by atoms with E-state index in [0.717, 1.165) is 5.69 Å². The second-order valence-electron chi connectivity index (χ2n) is 5.34. The Kier molecular flexibility index (Phi) is 5.77. The van der Waals surface area contributed by atoms with Crippen LogP contribution in [0.5, 0.6) is 17.2 Å². The third-order valence-electron chi connectivity index (χ3n) is 3.60. The molecule has 0 radical (unpaired) electrons. The smallest absolute Gasteiger partial charge is 0.249 e. The molecule has 2 N–H and O–H groups in total. The number of hydrogen-bond donors (Lipinski definition) is 2. The Morgan fingerprint density at radius 1 is 0.852 bits per heavy atom.